The molecule has 3 N–H and O–H groups in total. The molecule has 1 aliphatic rings. The lowest BCUT2D eigenvalue weighted by Gasteiger charge is -2.24. The second-order valence-electron chi connectivity index (χ2n) is 11.6. The molecular formula is C37H33N5O5. The van der Waals surface area contributed by atoms with Crippen LogP contribution in [-0.4, -0.2) is 46.5 Å². The second-order valence-corrected chi connectivity index (χ2v) is 11.6. The molecule has 0 fully saturated rings. The first kappa shape index (κ1) is 29.8. The van der Waals surface area contributed by atoms with Gasteiger partial charge in [0.2, 0.25) is 0 Å². The maximum absolute atomic E-state index is 13.9. The van der Waals surface area contributed by atoms with Crippen molar-refractivity contribution in [1.29, 1.82) is 0 Å². The van der Waals surface area contributed by atoms with Crippen LogP contribution in [0.5, 0.6) is 0 Å². The summed E-state index contributed by atoms with van der Waals surface area (Å²) in [5.74, 6) is -0.458. The molecule has 0 saturated carbocycles. The Hall–Kier alpha value is -5.90. The molecule has 6 aromatic rings. The van der Waals surface area contributed by atoms with Crippen LogP contribution < -0.4 is 16.3 Å². The molecule has 10 heteroatoms. The maximum Gasteiger partial charge on any atom is 0.407 e. The summed E-state index contributed by atoms with van der Waals surface area (Å²) in [6.45, 7) is 1.85. The van der Waals surface area contributed by atoms with E-state index >= 15 is 0 Å². The summed E-state index contributed by atoms with van der Waals surface area (Å²) in [6, 6.07) is 29.2. The fourth-order valence-corrected chi connectivity index (χ4v) is 6.45. The van der Waals surface area contributed by atoms with Crippen LogP contribution in [0.3, 0.4) is 0 Å². The molecule has 1 aliphatic carbocycles. The number of hydrogen-bond donors (Lipinski definition) is 3. The van der Waals surface area contributed by atoms with Gasteiger partial charge in [0.25, 0.3) is 5.56 Å². The van der Waals surface area contributed by atoms with Gasteiger partial charge >= 0.3 is 12.1 Å². The molecule has 0 saturated heterocycles. The number of esters is 1. The highest BCUT2D eigenvalue weighted by Gasteiger charge is 2.30. The zero-order chi connectivity index (χ0) is 32.5. The van der Waals surface area contributed by atoms with Crippen LogP contribution in [0.1, 0.15) is 41.4 Å². The topological polar surface area (TPSA) is 127 Å². The number of carbonyl (C=O) groups is 2. The number of para-hydroxylation sites is 2. The van der Waals surface area contributed by atoms with E-state index in [9.17, 15) is 14.4 Å². The van der Waals surface area contributed by atoms with Crippen molar-refractivity contribution >= 4 is 33.9 Å². The first-order chi connectivity index (χ1) is 22.9. The number of aromatic nitrogens is 3. The molecule has 2 heterocycles. The summed E-state index contributed by atoms with van der Waals surface area (Å²) in [7, 11) is 1.30. The molecule has 10 nitrogen and oxygen atoms in total. The minimum atomic E-state index is -0.944. The number of hydrogen-bond acceptors (Lipinski definition) is 7. The number of ether oxygens (including phenoxy) is 2. The predicted octanol–water partition coefficient (Wildman–Crippen LogP) is 5.81. The molecule has 0 bridgehead atoms. The van der Waals surface area contributed by atoms with Crippen molar-refractivity contribution < 1.29 is 19.1 Å². The average molecular weight is 628 g/mol. The highest BCUT2D eigenvalue weighted by atomic mass is 16.5. The van der Waals surface area contributed by atoms with Crippen molar-refractivity contribution in [3.63, 3.8) is 0 Å². The first-order valence-corrected chi connectivity index (χ1v) is 15.5. The SMILES string of the molecule is COC(=O)[C@@H](Cc1c[nH]c2ccccc12)Nn1c([C@H](C)NC(=O)OCC2c3ccccc3-c3ccccc32)nc2ccccc2c1=O. The maximum atomic E-state index is 13.9. The van der Waals surface area contributed by atoms with Gasteiger partial charge in [0.05, 0.1) is 24.1 Å². The molecule has 0 aliphatic heterocycles. The number of methoxy groups -OCH3 is 1. The summed E-state index contributed by atoms with van der Waals surface area (Å²) >= 11 is 0. The van der Waals surface area contributed by atoms with Crippen LogP contribution in [-0.2, 0) is 20.7 Å². The molecule has 47 heavy (non-hydrogen) atoms. The Balaban J connectivity index is 1.15. The summed E-state index contributed by atoms with van der Waals surface area (Å²) in [5, 5.41) is 4.15. The van der Waals surface area contributed by atoms with E-state index in [0.29, 0.717) is 10.9 Å². The Morgan fingerprint density at radius 2 is 1.53 bits per heavy atom. The molecule has 2 aromatic heterocycles. The summed E-state index contributed by atoms with van der Waals surface area (Å²) in [5.41, 5.74) is 9.39. The summed E-state index contributed by atoms with van der Waals surface area (Å²) < 4.78 is 12.1. The van der Waals surface area contributed by atoms with Crippen molar-refractivity contribution in [2.75, 3.05) is 19.1 Å². The molecule has 2 atom stereocenters. The predicted molar refractivity (Wildman–Crippen MR) is 180 cm³/mol. The smallest absolute Gasteiger partial charge is 0.407 e. The van der Waals surface area contributed by atoms with E-state index in [1.165, 1.54) is 11.8 Å². The molecule has 236 valence electrons. The lowest BCUT2D eigenvalue weighted by Crippen LogP contribution is -2.45. The zero-order valence-corrected chi connectivity index (χ0v) is 25.9. The van der Waals surface area contributed by atoms with Crippen molar-refractivity contribution in [3.8, 4) is 11.1 Å². The summed E-state index contributed by atoms with van der Waals surface area (Å²) in [4.78, 5) is 48.2. The quantitative estimate of drug-likeness (QED) is 0.173. The van der Waals surface area contributed by atoms with Gasteiger partial charge < -0.3 is 25.2 Å². The molecule has 0 spiro atoms. The Labute approximate surface area is 270 Å². The van der Waals surface area contributed by atoms with E-state index < -0.39 is 29.7 Å². The summed E-state index contributed by atoms with van der Waals surface area (Å²) in [6.07, 6.45) is 1.41. The number of aromatic amines is 1. The van der Waals surface area contributed by atoms with Crippen LogP contribution in [0.25, 0.3) is 32.9 Å². The largest absolute Gasteiger partial charge is 0.467 e. The third-order valence-corrected chi connectivity index (χ3v) is 8.74. The van der Waals surface area contributed by atoms with Gasteiger partial charge in [-0.1, -0.05) is 78.9 Å². The number of H-pyrrole nitrogens is 1. The van der Waals surface area contributed by atoms with Crippen LogP contribution in [0.2, 0.25) is 0 Å². The van der Waals surface area contributed by atoms with Gasteiger partial charge in [-0.15, -0.1) is 0 Å². The van der Waals surface area contributed by atoms with Crippen LogP contribution >= 0.6 is 0 Å². The second kappa shape index (κ2) is 12.5. The van der Waals surface area contributed by atoms with Gasteiger partial charge in [0.1, 0.15) is 12.6 Å². The minimum Gasteiger partial charge on any atom is -0.467 e. The minimum absolute atomic E-state index is 0.104. The number of amides is 1. The normalized spacial score (nSPS) is 13.5. The van der Waals surface area contributed by atoms with Crippen LogP contribution in [0.15, 0.2) is 108 Å². The van der Waals surface area contributed by atoms with Crippen LogP contribution in [0.4, 0.5) is 4.79 Å². The van der Waals surface area contributed by atoms with Gasteiger partial charge in [-0.3, -0.25) is 4.79 Å². The van der Waals surface area contributed by atoms with Crippen molar-refractivity contribution in [2.24, 2.45) is 0 Å². The number of benzene rings is 4. The highest BCUT2D eigenvalue weighted by Crippen LogP contribution is 2.44. The monoisotopic (exact) mass is 627 g/mol. The third kappa shape index (κ3) is 5.58. The number of alkyl carbamates (subject to hydrolysis) is 1. The third-order valence-electron chi connectivity index (χ3n) is 8.74. The molecule has 1 amide bonds. The molecule has 0 unspecified atom stereocenters. The van der Waals surface area contributed by atoms with Crippen molar-refractivity contribution in [3.05, 3.63) is 136 Å². The van der Waals surface area contributed by atoms with E-state index in [2.05, 4.69) is 40.0 Å². The van der Waals surface area contributed by atoms with Crippen molar-refractivity contribution in [2.45, 2.75) is 31.3 Å². The van der Waals surface area contributed by atoms with E-state index in [1.54, 1.807) is 31.2 Å². The van der Waals surface area contributed by atoms with Gasteiger partial charge in [0.15, 0.2) is 5.82 Å². The van der Waals surface area contributed by atoms with Gasteiger partial charge in [-0.05, 0) is 52.9 Å². The Bertz CT molecular complexity index is 2140. The van der Waals surface area contributed by atoms with Gasteiger partial charge in [-0.25, -0.2) is 19.2 Å². The Morgan fingerprint density at radius 3 is 2.26 bits per heavy atom. The number of nitrogens with one attached hydrogen (secondary N) is 3. The number of rotatable bonds is 9. The fraction of sp³-hybridized carbons (Fsp3) is 0.189. The zero-order valence-electron chi connectivity index (χ0n) is 25.9. The van der Waals surface area contributed by atoms with Crippen LogP contribution in [0, 0.1) is 0 Å². The van der Waals surface area contributed by atoms with E-state index in [4.69, 9.17) is 14.5 Å². The number of carbonyl (C=O) groups excluding carboxylic acids is 2. The lowest BCUT2D eigenvalue weighted by molar-refractivity contribution is -0.141. The molecular weight excluding hydrogens is 594 g/mol. The van der Waals surface area contributed by atoms with Gasteiger partial charge in [0, 0.05) is 29.4 Å². The average Bonchev–Trinajstić information content (AvgIpc) is 3.66. The van der Waals surface area contributed by atoms with E-state index in [1.807, 2.05) is 54.7 Å². The van der Waals surface area contributed by atoms with E-state index in [0.717, 1.165) is 38.7 Å². The molecule has 7 rings (SSSR count). The Morgan fingerprint density at radius 1 is 0.894 bits per heavy atom. The van der Waals surface area contributed by atoms with E-state index in [-0.39, 0.29) is 24.8 Å². The number of fused-ring (bicyclic) bond motifs is 5. The van der Waals surface area contributed by atoms with Gasteiger partial charge in [-0.2, -0.15) is 0 Å². The number of nitrogens with zero attached hydrogens (tertiary/aromatic N) is 2. The lowest BCUT2D eigenvalue weighted by atomic mass is 9.98. The van der Waals surface area contributed by atoms with Crippen molar-refractivity contribution in [1.82, 2.24) is 20.0 Å². The standard InChI is InChI=1S/C37H33N5O5/c1-22(39-37(45)47-21-30-27-14-5-3-12-25(27)26-13-4-6-15-28(26)30)34-40-32-18-10-8-16-29(32)35(43)42(34)41-33(36(44)46-2)19-23-20-38-31-17-9-7-11-24(23)31/h3-18,20,22,30,33,38,41H,19,21H2,1-2H3,(H,39,45)/t22-,33+/m0/s1. The first-order valence-electron chi connectivity index (χ1n) is 15.5. The fourth-order valence-electron chi connectivity index (χ4n) is 6.45. The molecule has 0 radical (unpaired) electrons. The Kier molecular flexibility index (Phi) is 7.91. The molecule has 4 aromatic carbocycles. The highest BCUT2D eigenvalue weighted by molar-refractivity contribution is 5.85.